The summed E-state index contributed by atoms with van der Waals surface area (Å²) in [4.78, 5) is 24.0. The predicted octanol–water partition coefficient (Wildman–Crippen LogP) is 1.93. The van der Waals surface area contributed by atoms with Crippen LogP contribution in [-0.2, 0) is 9.59 Å². The van der Waals surface area contributed by atoms with Gasteiger partial charge in [0.05, 0.1) is 6.04 Å². The molecule has 20 heavy (non-hydrogen) atoms. The van der Waals surface area contributed by atoms with Gasteiger partial charge >= 0.3 is 0 Å². The maximum absolute atomic E-state index is 13.4. The summed E-state index contributed by atoms with van der Waals surface area (Å²) >= 11 is 0. The Balaban J connectivity index is 1.94. The molecule has 0 aliphatic carbocycles. The fraction of sp³-hybridized carbons (Fsp3) is 0.467. The second-order valence-corrected chi connectivity index (χ2v) is 5.52. The topological polar surface area (TPSA) is 40.6 Å². The quantitative estimate of drug-likeness (QED) is 0.625. The van der Waals surface area contributed by atoms with Gasteiger partial charge in [0.25, 0.3) is 5.91 Å². The summed E-state index contributed by atoms with van der Waals surface area (Å²) < 4.78 is 13.4. The SMILES string of the molecule is CCC1(C=O)CN2CCC(c3cccc(F)c3)N2C1=O. The third-order valence-electron chi connectivity index (χ3n) is 4.45. The number of halogens is 1. The Kier molecular flexibility index (Phi) is 3.09. The van der Waals surface area contributed by atoms with Gasteiger partial charge in [-0.25, -0.2) is 9.40 Å². The van der Waals surface area contributed by atoms with E-state index in [2.05, 4.69) is 0 Å². The van der Waals surface area contributed by atoms with Crippen LogP contribution in [0.4, 0.5) is 4.39 Å². The molecule has 1 aromatic rings. The highest BCUT2D eigenvalue weighted by molar-refractivity contribution is 5.98. The molecule has 1 aromatic carbocycles. The van der Waals surface area contributed by atoms with E-state index < -0.39 is 5.41 Å². The number of amides is 1. The van der Waals surface area contributed by atoms with Gasteiger partial charge in [-0.05, 0) is 30.5 Å². The summed E-state index contributed by atoms with van der Waals surface area (Å²) in [5, 5.41) is 3.59. The predicted molar refractivity (Wildman–Crippen MR) is 71.0 cm³/mol. The minimum absolute atomic E-state index is 0.151. The molecule has 106 valence electrons. The Hall–Kier alpha value is -1.75. The van der Waals surface area contributed by atoms with Crippen molar-refractivity contribution >= 4 is 12.2 Å². The van der Waals surface area contributed by atoms with Crippen molar-refractivity contribution < 1.29 is 14.0 Å². The number of benzene rings is 1. The normalized spacial score (nSPS) is 29.8. The van der Waals surface area contributed by atoms with Gasteiger partial charge in [-0.2, -0.15) is 0 Å². The summed E-state index contributed by atoms with van der Waals surface area (Å²) in [5.74, 6) is -0.452. The molecule has 0 spiro atoms. The van der Waals surface area contributed by atoms with Crippen molar-refractivity contribution in [3.8, 4) is 0 Å². The second kappa shape index (κ2) is 4.66. The third-order valence-corrected chi connectivity index (χ3v) is 4.45. The molecule has 0 N–H and O–H groups in total. The maximum Gasteiger partial charge on any atom is 0.252 e. The number of hydrogen-bond donors (Lipinski definition) is 0. The van der Waals surface area contributed by atoms with Gasteiger partial charge < -0.3 is 4.79 Å². The Morgan fingerprint density at radius 2 is 2.30 bits per heavy atom. The molecule has 0 aromatic heterocycles. The highest BCUT2D eigenvalue weighted by Gasteiger charge is 2.54. The van der Waals surface area contributed by atoms with Crippen molar-refractivity contribution in [2.24, 2.45) is 5.41 Å². The van der Waals surface area contributed by atoms with Crippen molar-refractivity contribution in [1.29, 1.82) is 0 Å². The van der Waals surface area contributed by atoms with E-state index in [1.807, 2.05) is 18.0 Å². The first-order valence-electron chi connectivity index (χ1n) is 6.91. The summed E-state index contributed by atoms with van der Waals surface area (Å²) in [6, 6.07) is 6.18. The van der Waals surface area contributed by atoms with E-state index in [0.29, 0.717) is 13.0 Å². The van der Waals surface area contributed by atoms with Crippen LogP contribution in [0.3, 0.4) is 0 Å². The molecule has 1 amide bonds. The van der Waals surface area contributed by atoms with E-state index in [9.17, 15) is 14.0 Å². The Bertz CT molecular complexity index is 563. The Morgan fingerprint density at radius 1 is 1.50 bits per heavy atom. The van der Waals surface area contributed by atoms with E-state index in [0.717, 1.165) is 24.8 Å². The average molecular weight is 276 g/mol. The van der Waals surface area contributed by atoms with Crippen LogP contribution < -0.4 is 0 Å². The second-order valence-electron chi connectivity index (χ2n) is 5.52. The van der Waals surface area contributed by atoms with Gasteiger partial charge in [0.1, 0.15) is 17.5 Å². The molecule has 4 nitrogen and oxygen atoms in total. The first-order valence-corrected chi connectivity index (χ1v) is 6.91. The van der Waals surface area contributed by atoms with Crippen LogP contribution in [0.2, 0.25) is 0 Å². The summed E-state index contributed by atoms with van der Waals surface area (Å²) in [6.07, 6.45) is 2.04. The van der Waals surface area contributed by atoms with Gasteiger partial charge in [-0.1, -0.05) is 19.1 Å². The van der Waals surface area contributed by atoms with Crippen molar-refractivity contribution in [1.82, 2.24) is 10.0 Å². The number of aldehydes is 1. The van der Waals surface area contributed by atoms with Crippen LogP contribution in [-0.4, -0.2) is 35.3 Å². The highest BCUT2D eigenvalue weighted by atomic mass is 19.1. The van der Waals surface area contributed by atoms with E-state index in [4.69, 9.17) is 0 Å². The fourth-order valence-electron chi connectivity index (χ4n) is 3.20. The van der Waals surface area contributed by atoms with Crippen molar-refractivity contribution in [2.75, 3.05) is 13.1 Å². The first kappa shape index (κ1) is 13.2. The largest absolute Gasteiger partial charge is 0.302 e. The maximum atomic E-state index is 13.4. The van der Waals surface area contributed by atoms with Crippen LogP contribution in [0.15, 0.2) is 24.3 Å². The lowest BCUT2D eigenvalue weighted by atomic mass is 9.86. The first-order chi connectivity index (χ1) is 9.61. The zero-order valence-electron chi connectivity index (χ0n) is 11.4. The molecule has 2 unspecified atom stereocenters. The van der Waals surface area contributed by atoms with E-state index in [1.54, 1.807) is 11.1 Å². The zero-order valence-corrected chi connectivity index (χ0v) is 11.4. The number of carbonyl (C=O) groups excluding carboxylic acids is 2. The fourth-order valence-corrected chi connectivity index (χ4v) is 3.20. The number of rotatable bonds is 3. The smallest absolute Gasteiger partial charge is 0.252 e. The number of hydrazine groups is 1. The highest BCUT2D eigenvalue weighted by Crippen LogP contribution is 2.42. The van der Waals surface area contributed by atoms with Crippen molar-refractivity contribution in [3.05, 3.63) is 35.6 Å². The number of nitrogens with zero attached hydrogens (tertiary/aromatic N) is 2. The molecular weight excluding hydrogens is 259 g/mol. The summed E-state index contributed by atoms with van der Waals surface area (Å²) in [7, 11) is 0. The zero-order chi connectivity index (χ0) is 14.3. The van der Waals surface area contributed by atoms with E-state index in [1.165, 1.54) is 12.1 Å². The summed E-state index contributed by atoms with van der Waals surface area (Å²) in [5.41, 5.74) is -0.134. The lowest BCUT2D eigenvalue weighted by Gasteiger charge is -2.26. The van der Waals surface area contributed by atoms with Gasteiger partial charge in [-0.15, -0.1) is 0 Å². The third kappa shape index (κ3) is 1.77. The molecule has 0 saturated carbocycles. The molecule has 5 heteroatoms. The number of hydrogen-bond acceptors (Lipinski definition) is 3. The molecule has 2 saturated heterocycles. The Labute approximate surface area is 117 Å². The average Bonchev–Trinajstić information content (AvgIpc) is 2.98. The molecule has 3 rings (SSSR count). The molecule has 2 heterocycles. The number of fused-ring (bicyclic) bond motifs is 1. The Morgan fingerprint density at radius 3 is 2.95 bits per heavy atom. The van der Waals surface area contributed by atoms with Gasteiger partial charge in [0.2, 0.25) is 0 Å². The van der Waals surface area contributed by atoms with E-state index in [-0.39, 0.29) is 17.8 Å². The van der Waals surface area contributed by atoms with Crippen molar-refractivity contribution in [3.63, 3.8) is 0 Å². The van der Waals surface area contributed by atoms with Gasteiger partial charge in [0.15, 0.2) is 0 Å². The van der Waals surface area contributed by atoms with E-state index >= 15 is 0 Å². The number of carbonyl (C=O) groups is 2. The lowest BCUT2D eigenvalue weighted by Crippen LogP contribution is -2.37. The molecule has 2 atom stereocenters. The van der Waals surface area contributed by atoms with Crippen LogP contribution in [0.25, 0.3) is 0 Å². The molecule has 2 aliphatic rings. The van der Waals surface area contributed by atoms with Crippen LogP contribution in [0.5, 0.6) is 0 Å². The lowest BCUT2D eigenvalue weighted by molar-refractivity contribution is -0.144. The monoisotopic (exact) mass is 276 g/mol. The minimum Gasteiger partial charge on any atom is -0.302 e. The van der Waals surface area contributed by atoms with Crippen LogP contribution in [0.1, 0.15) is 31.4 Å². The summed E-state index contributed by atoms with van der Waals surface area (Å²) in [6.45, 7) is 3.02. The van der Waals surface area contributed by atoms with Crippen LogP contribution >= 0.6 is 0 Å². The standard InChI is InChI=1S/C15H17FN2O2/c1-2-15(10-19)9-17-7-6-13(18(17)14(15)20)11-4-3-5-12(16)8-11/h3-5,8,10,13H,2,6-7,9H2,1H3. The van der Waals surface area contributed by atoms with Crippen LogP contribution in [0, 0.1) is 11.2 Å². The minimum atomic E-state index is -0.925. The van der Waals surface area contributed by atoms with Gasteiger partial charge in [-0.3, -0.25) is 9.80 Å². The molecular formula is C15H17FN2O2. The molecule has 0 bridgehead atoms. The van der Waals surface area contributed by atoms with Crippen molar-refractivity contribution in [2.45, 2.75) is 25.8 Å². The molecule has 2 fully saturated rings. The van der Waals surface area contributed by atoms with Gasteiger partial charge in [0, 0.05) is 13.1 Å². The molecule has 2 aliphatic heterocycles. The molecule has 0 radical (unpaired) electrons.